The van der Waals surface area contributed by atoms with Gasteiger partial charge in [0.05, 0.1) is 12.3 Å². The van der Waals surface area contributed by atoms with Gasteiger partial charge in [0.1, 0.15) is 17.6 Å². The van der Waals surface area contributed by atoms with Crippen LogP contribution < -0.4 is 10.1 Å². The van der Waals surface area contributed by atoms with Crippen molar-refractivity contribution >= 4 is 11.5 Å². The van der Waals surface area contributed by atoms with E-state index in [0.717, 1.165) is 34.8 Å². The summed E-state index contributed by atoms with van der Waals surface area (Å²) in [6, 6.07) is 34.3. The van der Waals surface area contributed by atoms with E-state index < -0.39 is 0 Å². The molecule has 0 saturated heterocycles. The van der Waals surface area contributed by atoms with E-state index in [0.29, 0.717) is 60.4 Å². The quantitative estimate of drug-likeness (QED) is 0.123. The van der Waals surface area contributed by atoms with Crippen molar-refractivity contribution in [2.24, 2.45) is 0 Å². The number of carbonyl (C=O) groups is 1. The van der Waals surface area contributed by atoms with E-state index in [1.807, 2.05) is 116 Å². The molecule has 0 aliphatic carbocycles. The van der Waals surface area contributed by atoms with Crippen LogP contribution in [-0.4, -0.2) is 27.6 Å². The van der Waals surface area contributed by atoms with Crippen molar-refractivity contribution in [3.8, 4) is 17.2 Å². The van der Waals surface area contributed by atoms with Crippen LogP contribution in [0.1, 0.15) is 64.1 Å². The fourth-order valence-electron chi connectivity index (χ4n) is 5.25. The first-order chi connectivity index (χ1) is 22.6. The normalized spacial score (nSPS) is 11.7. The van der Waals surface area contributed by atoms with E-state index in [2.05, 4.69) is 27.4 Å². The highest BCUT2D eigenvalue weighted by atomic mass is 16.5. The molecule has 46 heavy (non-hydrogen) atoms. The number of aryl methyl sites for hydroxylation is 2. The van der Waals surface area contributed by atoms with E-state index in [1.54, 1.807) is 0 Å². The molecule has 2 heterocycles. The van der Waals surface area contributed by atoms with Gasteiger partial charge >= 0.3 is 0 Å². The average molecular weight is 613 g/mol. The molecule has 0 spiro atoms. The Labute approximate surface area is 268 Å². The lowest BCUT2D eigenvalue weighted by molar-refractivity contribution is 0.103. The van der Waals surface area contributed by atoms with E-state index in [4.69, 9.17) is 13.6 Å². The topological polar surface area (TPSA) is 103 Å². The van der Waals surface area contributed by atoms with Gasteiger partial charge in [0, 0.05) is 41.6 Å². The number of benzene rings is 4. The molecule has 0 fully saturated rings. The monoisotopic (exact) mass is 612 g/mol. The highest BCUT2D eigenvalue weighted by molar-refractivity contribution is 6.12. The zero-order chi connectivity index (χ0) is 31.7. The molecule has 0 amide bonds. The van der Waals surface area contributed by atoms with Gasteiger partial charge in [-0.15, -0.1) is 10.2 Å². The lowest BCUT2D eigenvalue weighted by Crippen LogP contribution is -2.17. The number of nitrogens with one attached hydrogen (secondary N) is 1. The molecule has 8 heteroatoms. The van der Waals surface area contributed by atoms with Gasteiger partial charge in [-0.25, -0.2) is 4.98 Å². The summed E-state index contributed by atoms with van der Waals surface area (Å²) in [5.41, 5.74) is 4.80. The number of para-hydroxylation sites is 1. The van der Waals surface area contributed by atoms with Crippen LogP contribution in [0.3, 0.4) is 0 Å². The van der Waals surface area contributed by atoms with Gasteiger partial charge in [-0.05, 0) is 55.3 Å². The Bertz CT molecular complexity index is 1860. The minimum Gasteiger partial charge on any atom is -0.493 e. The van der Waals surface area contributed by atoms with Crippen LogP contribution in [0.2, 0.25) is 0 Å². The van der Waals surface area contributed by atoms with Gasteiger partial charge < -0.3 is 18.9 Å². The highest BCUT2D eigenvalue weighted by Crippen LogP contribution is 2.28. The van der Waals surface area contributed by atoms with Crippen molar-refractivity contribution in [2.45, 2.75) is 45.6 Å². The second kappa shape index (κ2) is 14.5. The number of hydrogen-bond donors (Lipinski definition) is 1. The molecule has 0 bridgehead atoms. The third-order valence-corrected chi connectivity index (χ3v) is 7.67. The molecule has 1 N–H and O–H groups in total. The lowest BCUT2D eigenvalue weighted by Gasteiger charge is -2.19. The van der Waals surface area contributed by atoms with Crippen LogP contribution in [0.4, 0.5) is 5.69 Å². The number of oxazole rings is 1. The second-order valence-corrected chi connectivity index (χ2v) is 11.1. The summed E-state index contributed by atoms with van der Waals surface area (Å²) >= 11 is 0. The summed E-state index contributed by atoms with van der Waals surface area (Å²) in [6.07, 6.45) is 2.80. The molecule has 6 rings (SSSR count). The van der Waals surface area contributed by atoms with Crippen LogP contribution in [0.5, 0.6) is 5.75 Å². The zero-order valence-electron chi connectivity index (χ0n) is 26.0. The molecule has 2 aromatic heterocycles. The molecule has 0 radical (unpaired) electrons. The molecule has 4 aromatic carbocycles. The van der Waals surface area contributed by atoms with Crippen LogP contribution in [0.15, 0.2) is 118 Å². The number of ketones is 1. The summed E-state index contributed by atoms with van der Waals surface area (Å²) in [6.45, 7) is 4.47. The second-order valence-electron chi connectivity index (χ2n) is 11.1. The van der Waals surface area contributed by atoms with E-state index in [1.165, 1.54) is 0 Å². The van der Waals surface area contributed by atoms with Gasteiger partial charge in [-0.2, -0.15) is 0 Å². The van der Waals surface area contributed by atoms with Crippen molar-refractivity contribution in [2.75, 3.05) is 11.9 Å². The molecular formula is C38H36N4O4. The Balaban J connectivity index is 1.14. The molecule has 0 saturated carbocycles. The maximum absolute atomic E-state index is 13.4. The number of hydrogen-bond acceptors (Lipinski definition) is 8. The number of rotatable bonds is 14. The molecular weight excluding hydrogens is 576 g/mol. The Morgan fingerprint density at radius 1 is 0.826 bits per heavy atom. The maximum atomic E-state index is 13.4. The summed E-state index contributed by atoms with van der Waals surface area (Å²) in [5, 5.41) is 12.2. The van der Waals surface area contributed by atoms with E-state index in [-0.39, 0.29) is 11.8 Å². The fraction of sp³-hybridized carbons (Fsp3) is 0.211. The molecule has 0 aliphatic heterocycles. The number of aromatic nitrogens is 3. The predicted octanol–water partition coefficient (Wildman–Crippen LogP) is 8.23. The molecule has 232 valence electrons. The van der Waals surface area contributed by atoms with Crippen LogP contribution in [-0.2, 0) is 19.3 Å². The van der Waals surface area contributed by atoms with Crippen molar-refractivity contribution in [1.29, 1.82) is 0 Å². The number of ether oxygens (including phenoxy) is 1. The summed E-state index contributed by atoms with van der Waals surface area (Å²) < 4.78 is 18.0. The minimum atomic E-state index is -0.358. The van der Waals surface area contributed by atoms with E-state index in [9.17, 15) is 4.79 Å². The third kappa shape index (κ3) is 7.41. The first-order valence-electron chi connectivity index (χ1n) is 15.6. The third-order valence-electron chi connectivity index (χ3n) is 7.67. The van der Waals surface area contributed by atoms with E-state index >= 15 is 0 Å². The predicted molar refractivity (Wildman–Crippen MR) is 177 cm³/mol. The Kier molecular flexibility index (Phi) is 9.63. The first-order valence-corrected chi connectivity index (χ1v) is 15.6. The smallest absolute Gasteiger partial charge is 0.238 e. The van der Waals surface area contributed by atoms with Gasteiger partial charge in [-0.3, -0.25) is 4.79 Å². The fourth-order valence-corrected chi connectivity index (χ4v) is 5.25. The zero-order valence-corrected chi connectivity index (χ0v) is 26.0. The SMILES string of the molecule is CCCc1nnc([C@H](Cc2ccc(OCCc3nc(-c4ccccc4)oc3C)cc2)Nc2ccccc2C(=O)c2ccccc2)o1. The Hall–Kier alpha value is -5.50. The van der Waals surface area contributed by atoms with Crippen LogP contribution in [0.25, 0.3) is 11.5 Å². The van der Waals surface area contributed by atoms with Crippen molar-refractivity contribution in [3.63, 3.8) is 0 Å². The standard InChI is InChI=1S/C38H36N4O4/c1-3-12-35-41-42-38(46-35)34(39-33-18-11-10-17-31(33)36(43)28-13-6-4-7-14-28)25-27-19-21-30(22-20-27)44-24-23-32-26(2)45-37(40-32)29-15-8-5-9-16-29/h4-11,13-22,34,39H,3,12,23-25H2,1-2H3/t34-/m0/s1. The minimum absolute atomic E-state index is 0.0572. The van der Waals surface area contributed by atoms with Crippen LogP contribution >= 0.6 is 0 Å². The summed E-state index contributed by atoms with van der Waals surface area (Å²) in [5.74, 6) is 3.20. The molecule has 0 unspecified atom stereocenters. The molecule has 8 nitrogen and oxygen atoms in total. The number of nitrogens with zero attached hydrogens (tertiary/aromatic N) is 3. The Morgan fingerprint density at radius 2 is 1.54 bits per heavy atom. The van der Waals surface area contributed by atoms with Gasteiger partial charge in [0.25, 0.3) is 0 Å². The number of anilines is 1. The van der Waals surface area contributed by atoms with Crippen molar-refractivity contribution in [1.82, 2.24) is 15.2 Å². The summed E-state index contributed by atoms with van der Waals surface area (Å²) in [4.78, 5) is 18.1. The van der Waals surface area contributed by atoms with Gasteiger partial charge in [-0.1, -0.05) is 79.7 Å². The first kappa shape index (κ1) is 30.5. The molecule has 6 aromatic rings. The number of carbonyl (C=O) groups excluding carboxylic acids is 1. The Morgan fingerprint density at radius 3 is 2.30 bits per heavy atom. The largest absolute Gasteiger partial charge is 0.493 e. The average Bonchev–Trinajstić information content (AvgIpc) is 3.72. The lowest BCUT2D eigenvalue weighted by atomic mass is 10.00. The highest BCUT2D eigenvalue weighted by Gasteiger charge is 2.22. The summed E-state index contributed by atoms with van der Waals surface area (Å²) in [7, 11) is 0. The van der Waals surface area contributed by atoms with Gasteiger partial charge in [0.15, 0.2) is 5.78 Å². The van der Waals surface area contributed by atoms with Crippen molar-refractivity contribution in [3.05, 3.63) is 149 Å². The van der Waals surface area contributed by atoms with Crippen molar-refractivity contribution < 1.29 is 18.4 Å². The van der Waals surface area contributed by atoms with Gasteiger partial charge in [0.2, 0.25) is 17.7 Å². The van der Waals surface area contributed by atoms with Crippen LogP contribution in [0, 0.1) is 6.92 Å². The maximum Gasteiger partial charge on any atom is 0.238 e. The molecule has 0 aliphatic rings. The molecule has 1 atom stereocenters.